The Morgan fingerprint density at radius 1 is 1.08 bits per heavy atom. The monoisotopic (exact) mass is 523 g/mol. The molecule has 4 aromatic rings. The largest absolute Gasteiger partial charge is 0.477 e. The van der Waals surface area contributed by atoms with Crippen molar-refractivity contribution in [2.75, 3.05) is 11.3 Å². The molecule has 2 aromatic carbocycles. The highest BCUT2D eigenvalue weighted by Crippen LogP contribution is 2.22. The van der Waals surface area contributed by atoms with Crippen LogP contribution in [0.4, 0.5) is 5.69 Å². The van der Waals surface area contributed by atoms with E-state index in [1.807, 2.05) is 18.4 Å². The van der Waals surface area contributed by atoms with Gasteiger partial charge in [-0.25, -0.2) is 23.2 Å². The first-order valence-electron chi connectivity index (χ1n) is 11.7. The second-order valence-corrected chi connectivity index (χ2v) is 11.1. The van der Waals surface area contributed by atoms with Gasteiger partial charge >= 0.3 is 5.97 Å². The number of hydrogen-bond donors (Lipinski definition) is 4. The van der Waals surface area contributed by atoms with E-state index in [-0.39, 0.29) is 22.7 Å². The summed E-state index contributed by atoms with van der Waals surface area (Å²) in [5.74, 6) is -1.10. The van der Waals surface area contributed by atoms with Gasteiger partial charge in [-0.15, -0.1) is 0 Å². The lowest BCUT2D eigenvalue weighted by Crippen LogP contribution is -2.42. The molecule has 0 aliphatic rings. The third kappa shape index (κ3) is 6.50. The number of aliphatic hydroxyl groups is 1. The van der Waals surface area contributed by atoms with Gasteiger partial charge in [0.15, 0.2) is 0 Å². The van der Waals surface area contributed by atoms with E-state index < -0.39 is 22.1 Å². The quantitative estimate of drug-likeness (QED) is 0.234. The number of aryl methyl sites for hydroxylation is 1. The fraction of sp³-hybridized carbons (Fsp3) is 0.269. The number of carboxylic acid groups (broad SMARTS) is 1. The highest BCUT2D eigenvalue weighted by Gasteiger charge is 2.21. The Hall–Kier alpha value is -3.80. The van der Waals surface area contributed by atoms with Gasteiger partial charge in [-0.3, -0.25) is 4.72 Å². The van der Waals surface area contributed by atoms with Crippen LogP contribution in [0.1, 0.15) is 42.4 Å². The Labute approximate surface area is 215 Å². The topological polar surface area (TPSA) is 146 Å². The molecule has 0 spiro atoms. The highest BCUT2D eigenvalue weighted by molar-refractivity contribution is 7.92. The number of imidazole rings is 1. The first kappa shape index (κ1) is 26.3. The van der Waals surface area contributed by atoms with Crippen LogP contribution in [0.25, 0.3) is 11.0 Å². The number of carboxylic acids is 1. The molecule has 0 bridgehead atoms. The van der Waals surface area contributed by atoms with E-state index in [1.54, 1.807) is 48.8 Å². The van der Waals surface area contributed by atoms with Crippen molar-refractivity contribution in [1.29, 1.82) is 0 Å². The molecule has 2 aromatic heterocycles. The number of aromatic carboxylic acids is 1. The first-order valence-corrected chi connectivity index (χ1v) is 13.2. The minimum Gasteiger partial charge on any atom is -0.477 e. The van der Waals surface area contributed by atoms with Gasteiger partial charge in [0, 0.05) is 24.3 Å². The van der Waals surface area contributed by atoms with Crippen molar-refractivity contribution < 1.29 is 23.4 Å². The zero-order chi connectivity index (χ0) is 26.6. The summed E-state index contributed by atoms with van der Waals surface area (Å²) in [6.45, 7) is 4.90. The molecule has 1 atom stereocenters. The SMILES string of the molecule is CC(C)(CCn1cnc2cc(C(=O)O)ncc21)NCC(O)c1cccc(NS(=O)(=O)c2ccccc2)c1. The predicted molar refractivity (Wildman–Crippen MR) is 140 cm³/mol. The molecule has 2 heterocycles. The zero-order valence-corrected chi connectivity index (χ0v) is 21.3. The summed E-state index contributed by atoms with van der Waals surface area (Å²) in [7, 11) is -3.73. The van der Waals surface area contributed by atoms with E-state index in [2.05, 4.69) is 20.0 Å². The molecule has 4 rings (SSSR count). The van der Waals surface area contributed by atoms with Gasteiger partial charge < -0.3 is 20.1 Å². The molecular weight excluding hydrogens is 494 g/mol. The number of pyridine rings is 1. The lowest BCUT2D eigenvalue weighted by Gasteiger charge is -2.28. The molecule has 0 radical (unpaired) electrons. The van der Waals surface area contributed by atoms with Crippen LogP contribution in [0.5, 0.6) is 0 Å². The lowest BCUT2D eigenvalue weighted by molar-refractivity contribution is 0.0690. The maximum atomic E-state index is 12.6. The molecule has 0 aliphatic heterocycles. The number of carbonyl (C=O) groups is 1. The third-order valence-corrected chi connectivity index (χ3v) is 7.45. The van der Waals surface area contributed by atoms with Gasteiger partial charge in [-0.2, -0.15) is 0 Å². The van der Waals surface area contributed by atoms with Crippen molar-refractivity contribution in [3.05, 3.63) is 84.4 Å². The van der Waals surface area contributed by atoms with Crippen LogP contribution < -0.4 is 10.0 Å². The number of fused-ring (bicyclic) bond motifs is 1. The molecule has 0 saturated carbocycles. The van der Waals surface area contributed by atoms with Gasteiger partial charge in [0.25, 0.3) is 10.0 Å². The molecule has 4 N–H and O–H groups in total. The normalized spacial score (nSPS) is 12.9. The van der Waals surface area contributed by atoms with Crippen molar-refractivity contribution in [3.63, 3.8) is 0 Å². The molecule has 0 fully saturated rings. The number of nitrogens with one attached hydrogen (secondary N) is 2. The number of nitrogens with zero attached hydrogens (tertiary/aromatic N) is 3. The number of β-amino-alcohol motifs (C(OH)–C–C–N with tert-alkyl or cyclic N) is 1. The van der Waals surface area contributed by atoms with Gasteiger partial charge in [0.1, 0.15) is 5.69 Å². The maximum Gasteiger partial charge on any atom is 0.354 e. The molecule has 0 saturated heterocycles. The molecule has 10 nitrogen and oxygen atoms in total. The Bertz CT molecular complexity index is 1500. The van der Waals surface area contributed by atoms with Crippen molar-refractivity contribution in [3.8, 4) is 0 Å². The number of aliphatic hydroxyl groups excluding tert-OH is 1. The molecular formula is C26H29N5O5S. The van der Waals surface area contributed by atoms with E-state index >= 15 is 0 Å². The zero-order valence-electron chi connectivity index (χ0n) is 20.5. The number of sulfonamides is 1. The number of anilines is 1. The van der Waals surface area contributed by atoms with Crippen LogP contribution in [-0.2, 0) is 16.6 Å². The fourth-order valence-electron chi connectivity index (χ4n) is 3.85. The van der Waals surface area contributed by atoms with Gasteiger partial charge in [0.2, 0.25) is 0 Å². The lowest BCUT2D eigenvalue weighted by atomic mass is 9.99. The van der Waals surface area contributed by atoms with Crippen LogP contribution >= 0.6 is 0 Å². The summed E-state index contributed by atoms with van der Waals surface area (Å²) in [5.41, 5.74) is 1.86. The second-order valence-electron chi connectivity index (χ2n) is 9.38. The van der Waals surface area contributed by atoms with E-state index in [9.17, 15) is 18.3 Å². The number of aromatic nitrogens is 3. The summed E-state index contributed by atoms with van der Waals surface area (Å²) in [6, 6.07) is 16.2. The summed E-state index contributed by atoms with van der Waals surface area (Å²) < 4.78 is 29.7. The van der Waals surface area contributed by atoms with Crippen molar-refractivity contribution in [2.45, 2.75) is 43.4 Å². The van der Waals surface area contributed by atoms with Crippen LogP contribution in [-0.4, -0.2) is 51.2 Å². The van der Waals surface area contributed by atoms with Gasteiger partial charge in [-0.05, 0) is 56.2 Å². The van der Waals surface area contributed by atoms with Gasteiger partial charge in [0.05, 0.1) is 34.6 Å². The van der Waals surface area contributed by atoms with Crippen LogP contribution in [0.15, 0.2) is 78.1 Å². The minimum atomic E-state index is -3.73. The summed E-state index contributed by atoms with van der Waals surface area (Å²) in [5, 5.41) is 23.2. The summed E-state index contributed by atoms with van der Waals surface area (Å²) >= 11 is 0. The Morgan fingerprint density at radius 2 is 1.84 bits per heavy atom. The predicted octanol–water partition coefficient (Wildman–Crippen LogP) is 3.42. The van der Waals surface area contributed by atoms with E-state index in [1.165, 1.54) is 24.4 Å². The first-order chi connectivity index (χ1) is 17.5. The van der Waals surface area contributed by atoms with Crippen molar-refractivity contribution >= 4 is 32.7 Å². The third-order valence-electron chi connectivity index (χ3n) is 6.06. The van der Waals surface area contributed by atoms with Crippen LogP contribution in [0.2, 0.25) is 0 Å². The summed E-state index contributed by atoms with van der Waals surface area (Å²) in [4.78, 5) is 19.5. The Balaban J connectivity index is 1.35. The van der Waals surface area contributed by atoms with Crippen molar-refractivity contribution in [2.24, 2.45) is 0 Å². The highest BCUT2D eigenvalue weighted by atomic mass is 32.2. The standard InChI is InChI=1S/C26H29N5O5S/c1-26(2,11-12-31-17-28-21-14-22(25(33)34)27-15-23(21)31)29-16-24(32)18-7-6-8-19(13-18)30-37(35,36)20-9-4-3-5-10-20/h3-10,13-15,17,24,29-30,32H,11-12,16H2,1-2H3,(H,33,34). The van der Waals surface area contributed by atoms with Crippen LogP contribution in [0.3, 0.4) is 0 Å². The second kappa shape index (κ2) is 10.7. The number of benzene rings is 2. The Morgan fingerprint density at radius 3 is 2.57 bits per heavy atom. The molecule has 194 valence electrons. The minimum absolute atomic E-state index is 0.0503. The average Bonchev–Trinajstić information content (AvgIpc) is 3.29. The van der Waals surface area contributed by atoms with Crippen LogP contribution in [0, 0.1) is 0 Å². The molecule has 0 amide bonds. The average molecular weight is 524 g/mol. The maximum absolute atomic E-state index is 12.6. The molecule has 1 unspecified atom stereocenters. The van der Waals surface area contributed by atoms with E-state index in [0.717, 1.165) is 5.52 Å². The molecule has 11 heteroatoms. The number of rotatable bonds is 11. The summed E-state index contributed by atoms with van der Waals surface area (Å²) in [6.07, 6.45) is 3.01. The molecule has 0 aliphatic carbocycles. The Kier molecular flexibility index (Phi) is 7.58. The van der Waals surface area contributed by atoms with Gasteiger partial charge in [-0.1, -0.05) is 30.3 Å². The van der Waals surface area contributed by atoms with Crippen molar-refractivity contribution in [1.82, 2.24) is 19.9 Å². The number of hydrogen-bond acceptors (Lipinski definition) is 7. The smallest absolute Gasteiger partial charge is 0.354 e. The fourth-order valence-corrected chi connectivity index (χ4v) is 4.92. The van der Waals surface area contributed by atoms with E-state index in [4.69, 9.17) is 5.11 Å². The van der Waals surface area contributed by atoms with E-state index in [0.29, 0.717) is 29.7 Å². The molecule has 37 heavy (non-hydrogen) atoms.